The predicted octanol–water partition coefficient (Wildman–Crippen LogP) is 1.10. The lowest BCUT2D eigenvalue weighted by Gasteiger charge is -2.20. The van der Waals surface area contributed by atoms with Crippen LogP contribution >= 0.6 is 11.3 Å². The highest BCUT2D eigenvalue weighted by Gasteiger charge is 2.26. The number of aryl methyl sites for hydroxylation is 1. The summed E-state index contributed by atoms with van der Waals surface area (Å²) in [6.45, 7) is 3.59. The molecule has 1 unspecified atom stereocenters. The Labute approximate surface area is 81.2 Å². The summed E-state index contributed by atoms with van der Waals surface area (Å²) in [6.07, 6.45) is 0.641. The van der Waals surface area contributed by atoms with E-state index >= 15 is 0 Å². The molecule has 0 bridgehead atoms. The Bertz CT molecular complexity index is 321. The quantitative estimate of drug-likeness (QED) is 0.731. The Balaban J connectivity index is 2.24. The van der Waals surface area contributed by atoms with Crippen molar-refractivity contribution in [3.05, 3.63) is 16.1 Å². The van der Waals surface area contributed by atoms with Crippen molar-refractivity contribution in [2.45, 2.75) is 19.3 Å². The van der Waals surface area contributed by atoms with Crippen molar-refractivity contribution in [3.8, 4) is 0 Å². The van der Waals surface area contributed by atoms with E-state index in [1.165, 1.54) is 4.88 Å². The number of ketones is 1. The van der Waals surface area contributed by atoms with Gasteiger partial charge in [0.25, 0.3) is 0 Å². The molecule has 1 aliphatic rings. The summed E-state index contributed by atoms with van der Waals surface area (Å²) in [7, 11) is 0. The van der Waals surface area contributed by atoms with Crippen LogP contribution in [-0.4, -0.2) is 23.9 Å². The summed E-state index contributed by atoms with van der Waals surface area (Å²) in [5.41, 5.74) is 2.79. The van der Waals surface area contributed by atoms with E-state index in [-0.39, 0.29) is 5.92 Å². The van der Waals surface area contributed by atoms with E-state index in [1.807, 2.05) is 12.4 Å². The van der Waals surface area contributed by atoms with Crippen molar-refractivity contribution in [3.63, 3.8) is 0 Å². The van der Waals surface area contributed by atoms with Gasteiger partial charge in [0.2, 0.25) is 0 Å². The lowest BCUT2D eigenvalue weighted by Crippen LogP contribution is -2.35. The predicted molar refractivity (Wildman–Crippen MR) is 52.1 cm³/mol. The maximum Gasteiger partial charge on any atom is 0.144 e. The van der Waals surface area contributed by atoms with Crippen LogP contribution in [-0.2, 0) is 4.79 Å². The molecular weight excluding hydrogens is 184 g/mol. The molecule has 13 heavy (non-hydrogen) atoms. The zero-order chi connectivity index (χ0) is 9.26. The molecule has 0 saturated carbocycles. The van der Waals surface area contributed by atoms with E-state index in [9.17, 15) is 4.79 Å². The monoisotopic (exact) mass is 196 g/mol. The van der Waals surface area contributed by atoms with Crippen molar-refractivity contribution < 1.29 is 4.79 Å². The smallest absolute Gasteiger partial charge is 0.144 e. The van der Waals surface area contributed by atoms with Crippen LogP contribution in [0.3, 0.4) is 0 Å². The van der Waals surface area contributed by atoms with E-state index < -0.39 is 0 Å². The zero-order valence-corrected chi connectivity index (χ0v) is 8.36. The van der Waals surface area contributed by atoms with Crippen LogP contribution in [0.15, 0.2) is 5.51 Å². The van der Waals surface area contributed by atoms with Gasteiger partial charge < -0.3 is 5.32 Å². The molecule has 1 atom stereocenters. The number of thiazole rings is 1. The van der Waals surface area contributed by atoms with Gasteiger partial charge in [0.15, 0.2) is 0 Å². The molecule has 1 aromatic rings. The highest BCUT2D eigenvalue weighted by Crippen LogP contribution is 2.24. The summed E-state index contributed by atoms with van der Waals surface area (Å²) < 4.78 is 0. The topological polar surface area (TPSA) is 42.0 Å². The van der Waals surface area contributed by atoms with Crippen molar-refractivity contribution in [1.29, 1.82) is 0 Å². The summed E-state index contributed by atoms with van der Waals surface area (Å²) in [6, 6.07) is 0. The Morgan fingerprint density at radius 1 is 1.69 bits per heavy atom. The minimum Gasteiger partial charge on any atom is -0.315 e. The van der Waals surface area contributed by atoms with E-state index in [4.69, 9.17) is 0 Å². The summed E-state index contributed by atoms with van der Waals surface area (Å²) in [5, 5.41) is 3.22. The first-order valence-corrected chi connectivity index (χ1v) is 5.30. The standard InChI is InChI=1S/C9H12N2OS/c1-6-9(11-5-13-6)7-4-10-3-2-8(7)12/h5,7,10H,2-4H2,1H3. The van der Waals surface area contributed by atoms with Crippen LogP contribution in [0.1, 0.15) is 22.9 Å². The van der Waals surface area contributed by atoms with Crippen LogP contribution in [0.25, 0.3) is 0 Å². The van der Waals surface area contributed by atoms with Crippen molar-refractivity contribution in [2.24, 2.45) is 0 Å². The molecule has 1 fully saturated rings. The number of carbonyl (C=O) groups excluding carboxylic acids is 1. The number of hydrogen-bond acceptors (Lipinski definition) is 4. The molecule has 1 saturated heterocycles. The summed E-state index contributed by atoms with van der Waals surface area (Å²) in [4.78, 5) is 17.0. The number of Topliss-reactive ketones (excluding diaryl/α,β-unsaturated/α-hetero) is 1. The van der Waals surface area contributed by atoms with Gasteiger partial charge in [0, 0.05) is 24.4 Å². The second kappa shape index (κ2) is 3.55. The molecule has 2 heterocycles. The fourth-order valence-corrected chi connectivity index (χ4v) is 2.28. The third-order valence-corrected chi connectivity index (χ3v) is 3.17. The van der Waals surface area contributed by atoms with Crippen molar-refractivity contribution in [1.82, 2.24) is 10.3 Å². The fourth-order valence-electron chi connectivity index (χ4n) is 1.64. The zero-order valence-electron chi connectivity index (χ0n) is 7.54. The number of rotatable bonds is 1. The number of aromatic nitrogens is 1. The van der Waals surface area contributed by atoms with Crippen molar-refractivity contribution in [2.75, 3.05) is 13.1 Å². The second-order valence-corrected chi connectivity index (χ2v) is 4.33. The van der Waals surface area contributed by atoms with Gasteiger partial charge in [-0.05, 0) is 6.92 Å². The first kappa shape index (κ1) is 8.84. The Kier molecular flexibility index (Phi) is 2.42. The number of hydrogen-bond donors (Lipinski definition) is 1. The molecule has 70 valence electrons. The molecule has 1 N–H and O–H groups in total. The molecule has 2 rings (SSSR count). The summed E-state index contributed by atoms with van der Waals surface area (Å²) in [5.74, 6) is 0.327. The maximum atomic E-state index is 11.6. The Morgan fingerprint density at radius 2 is 2.54 bits per heavy atom. The first-order valence-electron chi connectivity index (χ1n) is 4.42. The fraction of sp³-hybridized carbons (Fsp3) is 0.556. The van der Waals surface area contributed by atoms with Gasteiger partial charge in [0.1, 0.15) is 5.78 Å². The average Bonchev–Trinajstić information content (AvgIpc) is 2.52. The van der Waals surface area contributed by atoms with Crippen LogP contribution in [0, 0.1) is 6.92 Å². The largest absolute Gasteiger partial charge is 0.315 e. The van der Waals surface area contributed by atoms with Gasteiger partial charge in [-0.3, -0.25) is 4.79 Å². The van der Waals surface area contributed by atoms with E-state index in [2.05, 4.69) is 10.3 Å². The molecule has 0 amide bonds. The lowest BCUT2D eigenvalue weighted by molar-refractivity contribution is -0.121. The minimum atomic E-state index is -0.000000000000000222. The highest BCUT2D eigenvalue weighted by molar-refractivity contribution is 7.09. The van der Waals surface area contributed by atoms with Crippen LogP contribution in [0.4, 0.5) is 0 Å². The Morgan fingerprint density at radius 3 is 3.15 bits per heavy atom. The molecule has 0 radical (unpaired) electrons. The van der Waals surface area contributed by atoms with Crippen LogP contribution < -0.4 is 5.32 Å². The molecule has 4 heteroatoms. The molecule has 1 aromatic heterocycles. The minimum absolute atomic E-state index is 0.000000000000000222. The number of nitrogens with one attached hydrogen (secondary N) is 1. The van der Waals surface area contributed by atoms with Crippen LogP contribution in [0.2, 0.25) is 0 Å². The van der Waals surface area contributed by atoms with Gasteiger partial charge in [-0.25, -0.2) is 4.98 Å². The Hall–Kier alpha value is -0.740. The van der Waals surface area contributed by atoms with Crippen LogP contribution in [0.5, 0.6) is 0 Å². The third-order valence-electron chi connectivity index (χ3n) is 2.40. The van der Waals surface area contributed by atoms with Gasteiger partial charge >= 0.3 is 0 Å². The summed E-state index contributed by atoms with van der Waals surface area (Å²) >= 11 is 1.61. The SMILES string of the molecule is Cc1scnc1C1CNCCC1=O. The maximum absolute atomic E-state index is 11.6. The second-order valence-electron chi connectivity index (χ2n) is 3.27. The van der Waals surface area contributed by atoms with Gasteiger partial charge in [-0.15, -0.1) is 11.3 Å². The number of carbonyl (C=O) groups is 1. The number of nitrogens with zero attached hydrogens (tertiary/aromatic N) is 1. The van der Waals surface area contributed by atoms with Gasteiger partial charge in [0.05, 0.1) is 17.1 Å². The molecular formula is C9H12N2OS. The molecule has 0 aromatic carbocycles. The van der Waals surface area contributed by atoms with Gasteiger partial charge in [-0.2, -0.15) is 0 Å². The molecule has 0 aliphatic carbocycles. The molecule has 0 spiro atoms. The molecule has 1 aliphatic heterocycles. The number of piperidine rings is 1. The molecule has 3 nitrogen and oxygen atoms in total. The van der Waals surface area contributed by atoms with E-state index in [1.54, 1.807) is 11.3 Å². The third kappa shape index (κ3) is 1.64. The lowest BCUT2D eigenvalue weighted by atomic mass is 9.94. The average molecular weight is 196 g/mol. The normalized spacial score (nSPS) is 23.5. The first-order chi connectivity index (χ1) is 6.29. The highest BCUT2D eigenvalue weighted by atomic mass is 32.1. The van der Waals surface area contributed by atoms with Gasteiger partial charge in [-0.1, -0.05) is 0 Å². The van der Waals surface area contributed by atoms with Crippen molar-refractivity contribution >= 4 is 17.1 Å². The van der Waals surface area contributed by atoms with E-state index in [0.717, 1.165) is 18.8 Å². The van der Waals surface area contributed by atoms with E-state index in [0.29, 0.717) is 12.2 Å².